The summed E-state index contributed by atoms with van der Waals surface area (Å²) < 4.78 is 39.5. The third-order valence-electron chi connectivity index (χ3n) is 4.40. The Morgan fingerprint density at radius 3 is 2.42 bits per heavy atom. The predicted molar refractivity (Wildman–Crippen MR) is 86.0 cm³/mol. The Bertz CT molecular complexity index is 793. The van der Waals surface area contributed by atoms with Crippen molar-refractivity contribution in [2.24, 2.45) is 11.5 Å². The molecule has 2 aromatic rings. The molecule has 1 aromatic carbocycles. The summed E-state index contributed by atoms with van der Waals surface area (Å²) in [5.74, 6) is -0.770. The van der Waals surface area contributed by atoms with Crippen LogP contribution < -0.4 is 11.5 Å². The molecule has 10 heteroatoms. The number of carbonyl (C=O) groups is 1. The zero-order chi connectivity index (χ0) is 19.1. The second-order valence-electron chi connectivity index (χ2n) is 6.41. The second-order valence-corrected chi connectivity index (χ2v) is 6.41. The number of rotatable bonds is 4. The van der Waals surface area contributed by atoms with Crippen LogP contribution in [0.3, 0.4) is 0 Å². The molecule has 3 rings (SSSR count). The van der Waals surface area contributed by atoms with E-state index in [0.29, 0.717) is 12.0 Å². The third-order valence-corrected chi connectivity index (χ3v) is 4.40. The molecule has 3 atom stereocenters. The standard InChI is InChI=1S/C16H18F3N5O2/c17-16(18,19)7-24-15(10-5-11(20)12(25)6-10)22-14(23-24)9-3-1-8(2-4-9)13(21)26/h1-4,10-12,25H,5-7,20H2,(H2,21,26)/t10-,11-,12-/m0/s1. The highest BCUT2D eigenvalue weighted by molar-refractivity contribution is 5.93. The fourth-order valence-electron chi connectivity index (χ4n) is 3.11. The SMILES string of the molecule is NC(=O)c1ccc(-c2nc([C@H]3C[C@H](N)[C@@H](O)C3)n(CC(F)(F)F)n2)cc1. The molecule has 5 N–H and O–H groups in total. The third kappa shape index (κ3) is 3.86. The number of aliphatic hydroxyl groups is 1. The summed E-state index contributed by atoms with van der Waals surface area (Å²) in [4.78, 5) is 15.4. The van der Waals surface area contributed by atoms with E-state index in [2.05, 4.69) is 10.1 Å². The Morgan fingerprint density at radius 2 is 1.92 bits per heavy atom. The van der Waals surface area contributed by atoms with Crippen molar-refractivity contribution < 1.29 is 23.1 Å². The van der Waals surface area contributed by atoms with Gasteiger partial charge in [-0.25, -0.2) is 9.67 Å². The van der Waals surface area contributed by atoms with Crippen molar-refractivity contribution in [3.63, 3.8) is 0 Å². The minimum absolute atomic E-state index is 0.107. The molecule has 7 nitrogen and oxygen atoms in total. The highest BCUT2D eigenvalue weighted by atomic mass is 19.4. The summed E-state index contributed by atoms with van der Waals surface area (Å²) in [6.45, 7) is -1.28. The summed E-state index contributed by atoms with van der Waals surface area (Å²) in [5, 5.41) is 13.8. The lowest BCUT2D eigenvalue weighted by molar-refractivity contribution is -0.143. The first kappa shape index (κ1) is 18.3. The van der Waals surface area contributed by atoms with Gasteiger partial charge < -0.3 is 16.6 Å². The Hall–Kier alpha value is -2.46. The Morgan fingerprint density at radius 1 is 1.27 bits per heavy atom. The molecule has 1 heterocycles. The van der Waals surface area contributed by atoms with Gasteiger partial charge in [-0.1, -0.05) is 12.1 Å². The molecular formula is C16H18F3N5O2. The van der Waals surface area contributed by atoms with Gasteiger partial charge in [0.1, 0.15) is 12.4 Å². The zero-order valence-corrected chi connectivity index (χ0v) is 13.6. The monoisotopic (exact) mass is 369 g/mol. The van der Waals surface area contributed by atoms with Crippen molar-refractivity contribution in [2.75, 3.05) is 0 Å². The Kier molecular flexibility index (Phi) is 4.72. The molecule has 0 saturated heterocycles. The average molecular weight is 369 g/mol. The number of nitrogens with zero attached hydrogens (tertiary/aromatic N) is 3. The van der Waals surface area contributed by atoms with Crippen LogP contribution in [-0.2, 0) is 6.54 Å². The molecule has 0 unspecified atom stereocenters. The lowest BCUT2D eigenvalue weighted by Gasteiger charge is -2.12. The van der Waals surface area contributed by atoms with Gasteiger partial charge in [-0.2, -0.15) is 18.3 Å². The van der Waals surface area contributed by atoms with Gasteiger partial charge in [0.25, 0.3) is 0 Å². The molecule has 1 aliphatic carbocycles. The summed E-state index contributed by atoms with van der Waals surface area (Å²) in [5.41, 5.74) is 11.7. The van der Waals surface area contributed by atoms with E-state index in [1.165, 1.54) is 24.3 Å². The summed E-state index contributed by atoms with van der Waals surface area (Å²) in [7, 11) is 0. The number of hydrogen-bond donors (Lipinski definition) is 3. The van der Waals surface area contributed by atoms with Crippen LogP contribution in [0.4, 0.5) is 13.2 Å². The number of halogens is 3. The highest BCUT2D eigenvalue weighted by Crippen LogP contribution is 2.35. The maximum atomic E-state index is 12.9. The first-order valence-electron chi connectivity index (χ1n) is 7.99. The zero-order valence-electron chi connectivity index (χ0n) is 13.6. The van der Waals surface area contributed by atoms with E-state index in [9.17, 15) is 23.1 Å². The molecule has 1 aliphatic rings. The first-order chi connectivity index (χ1) is 12.1. The van der Waals surface area contributed by atoms with E-state index in [1.807, 2.05) is 0 Å². The molecule has 1 aromatic heterocycles. The van der Waals surface area contributed by atoms with E-state index < -0.39 is 36.7 Å². The van der Waals surface area contributed by atoms with Crippen LogP contribution in [-0.4, -0.2) is 44.1 Å². The maximum Gasteiger partial charge on any atom is 0.408 e. The number of amides is 1. The highest BCUT2D eigenvalue weighted by Gasteiger charge is 2.37. The van der Waals surface area contributed by atoms with Gasteiger partial charge >= 0.3 is 6.18 Å². The number of carbonyl (C=O) groups excluding carboxylic acids is 1. The van der Waals surface area contributed by atoms with E-state index in [0.717, 1.165) is 4.68 Å². The number of nitrogens with two attached hydrogens (primary N) is 2. The van der Waals surface area contributed by atoms with Crippen molar-refractivity contribution in [2.45, 2.75) is 43.6 Å². The quantitative estimate of drug-likeness (QED) is 0.747. The van der Waals surface area contributed by atoms with Gasteiger partial charge in [-0.3, -0.25) is 4.79 Å². The van der Waals surface area contributed by atoms with Gasteiger partial charge in [0.15, 0.2) is 5.82 Å². The fourth-order valence-corrected chi connectivity index (χ4v) is 3.11. The smallest absolute Gasteiger partial charge is 0.391 e. The number of primary amides is 1. The molecule has 0 aliphatic heterocycles. The molecule has 0 radical (unpaired) electrons. The number of aromatic nitrogens is 3. The van der Waals surface area contributed by atoms with Gasteiger partial charge in [-0.05, 0) is 25.0 Å². The van der Waals surface area contributed by atoms with Gasteiger partial charge in [-0.15, -0.1) is 0 Å². The van der Waals surface area contributed by atoms with E-state index >= 15 is 0 Å². The Labute approximate surface area is 146 Å². The summed E-state index contributed by atoms with van der Waals surface area (Å²) >= 11 is 0. The lowest BCUT2D eigenvalue weighted by Crippen LogP contribution is -2.28. The van der Waals surface area contributed by atoms with E-state index in [4.69, 9.17) is 11.5 Å². The number of aliphatic hydroxyl groups excluding tert-OH is 1. The maximum absolute atomic E-state index is 12.9. The van der Waals surface area contributed by atoms with Gasteiger partial charge in [0, 0.05) is 23.1 Å². The van der Waals surface area contributed by atoms with Crippen LogP contribution >= 0.6 is 0 Å². The van der Waals surface area contributed by atoms with Crippen LogP contribution in [0, 0.1) is 0 Å². The van der Waals surface area contributed by atoms with Crippen molar-refractivity contribution in [3.8, 4) is 11.4 Å². The average Bonchev–Trinajstić information content (AvgIpc) is 3.10. The molecular weight excluding hydrogens is 351 g/mol. The van der Waals surface area contributed by atoms with Crippen molar-refractivity contribution in [1.82, 2.24) is 14.8 Å². The number of benzene rings is 1. The van der Waals surface area contributed by atoms with Crippen molar-refractivity contribution in [3.05, 3.63) is 35.7 Å². The minimum Gasteiger partial charge on any atom is -0.391 e. The van der Waals surface area contributed by atoms with Gasteiger partial charge in [0.2, 0.25) is 5.91 Å². The van der Waals surface area contributed by atoms with Gasteiger partial charge in [0.05, 0.1) is 6.10 Å². The summed E-state index contributed by atoms with van der Waals surface area (Å²) in [6.07, 6.45) is -4.68. The summed E-state index contributed by atoms with van der Waals surface area (Å²) in [6, 6.07) is 5.45. The normalized spacial score (nSPS) is 23.3. The van der Waals surface area contributed by atoms with Crippen LogP contribution in [0.25, 0.3) is 11.4 Å². The number of alkyl halides is 3. The molecule has 140 valence electrons. The molecule has 0 spiro atoms. The molecule has 0 bridgehead atoms. The minimum atomic E-state index is -4.46. The fraction of sp³-hybridized carbons (Fsp3) is 0.438. The van der Waals surface area contributed by atoms with Crippen molar-refractivity contribution in [1.29, 1.82) is 0 Å². The predicted octanol–water partition coefficient (Wildman–Crippen LogP) is 1.17. The van der Waals surface area contributed by atoms with Crippen LogP contribution in [0.5, 0.6) is 0 Å². The second kappa shape index (κ2) is 6.69. The lowest BCUT2D eigenvalue weighted by atomic mass is 10.1. The largest absolute Gasteiger partial charge is 0.408 e. The van der Waals surface area contributed by atoms with E-state index in [-0.39, 0.29) is 23.6 Å². The van der Waals surface area contributed by atoms with E-state index in [1.54, 1.807) is 0 Å². The first-order valence-corrected chi connectivity index (χ1v) is 7.99. The van der Waals surface area contributed by atoms with Crippen LogP contribution in [0.15, 0.2) is 24.3 Å². The van der Waals surface area contributed by atoms with Crippen LogP contribution in [0.2, 0.25) is 0 Å². The van der Waals surface area contributed by atoms with Crippen molar-refractivity contribution >= 4 is 5.91 Å². The topological polar surface area (TPSA) is 120 Å². The molecule has 26 heavy (non-hydrogen) atoms. The Balaban J connectivity index is 1.96. The number of hydrogen-bond acceptors (Lipinski definition) is 5. The molecule has 1 fully saturated rings. The van der Waals surface area contributed by atoms with Crippen LogP contribution in [0.1, 0.15) is 34.9 Å². The molecule has 1 amide bonds. The molecule has 1 saturated carbocycles.